The Labute approximate surface area is 173 Å². The molecule has 0 aliphatic carbocycles. The average molecular weight is 410 g/mol. The van der Waals surface area contributed by atoms with Gasteiger partial charge in [0.05, 0.1) is 36.6 Å². The number of hydrogen-bond donors (Lipinski definition) is 2. The zero-order chi connectivity index (χ0) is 21.5. The summed E-state index contributed by atoms with van der Waals surface area (Å²) in [5.74, 6) is -0.595. The molecule has 3 rings (SSSR count). The summed E-state index contributed by atoms with van der Waals surface area (Å²) in [6.07, 6.45) is 0. The van der Waals surface area contributed by atoms with E-state index in [-0.39, 0.29) is 24.5 Å². The Morgan fingerprint density at radius 2 is 1.67 bits per heavy atom. The molecular weight excluding hydrogens is 388 g/mol. The summed E-state index contributed by atoms with van der Waals surface area (Å²) in [6.45, 7) is 1.56. The summed E-state index contributed by atoms with van der Waals surface area (Å²) >= 11 is 0. The van der Waals surface area contributed by atoms with Crippen molar-refractivity contribution in [3.63, 3.8) is 0 Å². The maximum atomic E-state index is 12.7. The van der Waals surface area contributed by atoms with Crippen molar-refractivity contribution >= 4 is 18.0 Å². The van der Waals surface area contributed by atoms with Gasteiger partial charge in [0.2, 0.25) is 0 Å². The Bertz CT molecular complexity index is 953. The monoisotopic (exact) mass is 410 g/mol. The summed E-state index contributed by atoms with van der Waals surface area (Å²) in [7, 11) is 1.53. The van der Waals surface area contributed by atoms with Gasteiger partial charge in [-0.05, 0) is 36.8 Å². The van der Waals surface area contributed by atoms with E-state index in [1.807, 2.05) is 6.07 Å². The first-order chi connectivity index (χ1) is 14.5. The fraction of sp³-hybridized carbons (Fsp3) is 0.227. The lowest BCUT2D eigenvalue weighted by atomic mass is 9.95. The van der Waals surface area contributed by atoms with Gasteiger partial charge in [-0.2, -0.15) is 0 Å². The molecule has 0 saturated carbocycles. The van der Waals surface area contributed by atoms with E-state index in [9.17, 15) is 14.4 Å². The summed E-state index contributed by atoms with van der Waals surface area (Å²) in [5.41, 5.74) is 1.38. The Balaban J connectivity index is 1.87. The molecule has 0 spiro atoms. The molecule has 2 aromatic rings. The third-order valence-corrected chi connectivity index (χ3v) is 4.46. The zero-order valence-corrected chi connectivity index (χ0v) is 16.6. The van der Waals surface area contributed by atoms with Crippen molar-refractivity contribution in [2.75, 3.05) is 20.3 Å². The van der Waals surface area contributed by atoms with E-state index in [1.165, 1.54) is 7.11 Å². The van der Waals surface area contributed by atoms with Crippen LogP contribution in [0.2, 0.25) is 0 Å². The molecule has 1 heterocycles. The summed E-state index contributed by atoms with van der Waals surface area (Å²) in [5, 5.41) is 5.28. The van der Waals surface area contributed by atoms with Crippen LogP contribution in [0.5, 0.6) is 5.75 Å². The molecule has 0 saturated heterocycles. The van der Waals surface area contributed by atoms with Crippen molar-refractivity contribution in [2.24, 2.45) is 0 Å². The van der Waals surface area contributed by atoms with E-state index < -0.39 is 24.0 Å². The van der Waals surface area contributed by atoms with Crippen LogP contribution in [-0.2, 0) is 14.3 Å². The van der Waals surface area contributed by atoms with Gasteiger partial charge in [0, 0.05) is 0 Å². The largest absolute Gasteiger partial charge is 0.497 e. The van der Waals surface area contributed by atoms with E-state index in [0.717, 1.165) is 0 Å². The van der Waals surface area contributed by atoms with Gasteiger partial charge in [-0.3, -0.25) is 0 Å². The van der Waals surface area contributed by atoms with Gasteiger partial charge in [0.25, 0.3) is 0 Å². The number of carbonyl (C=O) groups is 3. The Morgan fingerprint density at radius 3 is 2.30 bits per heavy atom. The topological polar surface area (TPSA) is 103 Å². The maximum Gasteiger partial charge on any atom is 0.338 e. The van der Waals surface area contributed by atoms with Crippen molar-refractivity contribution in [1.82, 2.24) is 10.6 Å². The van der Waals surface area contributed by atoms with Gasteiger partial charge >= 0.3 is 18.0 Å². The molecule has 0 radical (unpaired) electrons. The Morgan fingerprint density at radius 1 is 0.967 bits per heavy atom. The van der Waals surface area contributed by atoms with Crippen LogP contribution in [0.15, 0.2) is 65.9 Å². The minimum absolute atomic E-state index is 0.163. The van der Waals surface area contributed by atoms with E-state index >= 15 is 0 Å². The molecule has 1 aliphatic heterocycles. The number of amides is 2. The smallest absolute Gasteiger partial charge is 0.338 e. The molecule has 2 N–H and O–H groups in total. The van der Waals surface area contributed by atoms with E-state index in [0.29, 0.717) is 16.9 Å². The number of urea groups is 1. The SMILES string of the molecule is CCOC(=O)C1=C(COC(=O)c2ccc(OC)cc2)NC(=O)NC1c1ccccc1. The lowest BCUT2D eigenvalue weighted by molar-refractivity contribution is -0.139. The summed E-state index contributed by atoms with van der Waals surface area (Å²) in [6, 6.07) is 14.2. The number of carbonyl (C=O) groups excluding carboxylic acids is 3. The third-order valence-electron chi connectivity index (χ3n) is 4.46. The number of ether oxygens (including phenoxy) is 3. The van der Waals surface area contributed by atoms with Crippen molar-refractivity contribution in [2.45, 2.75) is 13.0 Å². The summed E-state index contributed by atoms with van der Waals surface area (Å²) in [4.78, 5) is 37.3. The number of esters is 2. The minimum Gasteiger partial charge on any atom is -0.497 e. The van der Waals surface area contributed by atoms with Gasteiger partial charge in [0.1, 0.15) is 12.4 Å². The van der Waals surface area contributed by atoms with Gasteiger partial charge < -0.3 is 24.8 Å². The molecule has 0 fully saturated rings. The van der Waals surface area contributed by atoms with Gasteiger partial charge in [0.15, 0.2) is 0 Å². The Kier molecular flexibility index (Phi) is 6.69. The van der Waals surface area contributed by atoms with Gasteiger partial charge in [-0.25, -0.2) is 14.4 Å². The first-order valence-electron chi connectivity index (χ1n) is 9.37. The molecule has 30 heavy (non-hydrogen) atoms. The minimum atomic E-state index is -0.728. The molecular formula is C22H22N2O6. The predicted octanol–water partition coefficient (Wildman–Crippen LogP) is 2.72. The quantitative estimate of drug-likeness (QED) is 0.681. The van der Waals surface area contributed by atoms with Crippen molar-refractivity contribution < 1.29 is 28.6 Å². The maximum absolute atomic E-state index is 12.7. The van der Waals surface area contributed by atoms with E-state index in [1.54, 1.807) is 55.5 Å². The first kappa shape index (κ1) is 20.9. The van der Waals surface area contributed by atoms with Crippen molar-refractivity contribution in [3.05, 3.63) is 77.0 Å². The molecule has 2 amide bonds. The van der Waals surface area contributed by atoms with E-state index in [4.69, 9.17) is 14.2 Å². The van der Waals surface area contributed by atoms with Crippen molar-refractivity contribution in [3.8, 4) is 5.75 Å². The highest BCUT2D eigenvalue weighted by Gasteiger charge is 2.34. The van der Waals surface area contributed by atoms with Crippen LogP contribution >= 0.6 is 0 Å². The fourth-order valence-electron chi connectivity index (χ4n) is 3.03. The second-order valence-corrected chi connectivity index (χ2v) is 6.36. The molecule has 1 aliphatic rings. The number of nitrogens with one attached hydrogen (secondary N) is 2. The Hall–Kier alpha value is -3.81. The number of hydrogen-bond acceptors (Lipinski definition) is 6. The van der Waals surface area contributed by atoms with Crippen LogP contribution in [-0.4, -0.2) is 38.3 Å². The summed E-state index contributed by atoms with van der Waals surface area (Å²) < 4.78 is 15.6. The molecule has 2 aromatic carbocycles. The molecule has 8 nitrogen and oxygen atoms in total. The van der Waals surface area contributed by atoms with Crippen molar-refractivity contribution in [1.29, 1.82) is 0 Å². The lowest BCUT2D eigenvalue weighted by Gasteiger charge is -2.29. The van der Waals surface area contributed by atoms with Gasteiger partial charge in [-0.1, -0.05) is 30.3 Å². The molecule has 1 unspecified atom stereocenters. The highest BCUT2D eigenvalue weighted by molar-refractivity contribution is 5.95. The van der Waals surface area contributed by atoms with Crippen LogP contribution in [0, 0.1) is 0 Å². The van der Waals surface area contributed by atoms with Gasteiger partial charge in [-0.15, -0.1) is 0 Å². The zero-order valence-electron chi connectivity index (χ0n) is 16.6. The van der Waals surface area contributed by atoms with Crippen LogP contribution in [0.1, 0.15) is 28.9 Å². The van der Waals surface area contributed by atoms with E-state index in [2.05, 4.69) is 10.6 Å². The molecule has 156 valence electrons. The lowest BCUT2D eigenvalue weighted by Crippen LogP contribution is -2.47. The highest BCUT2D eigenvalue weighted by Crippen LogP contribution is 2.28. The normalized spacial score (nSPS) is 15.7. The van der Waals surface area contributed by atoms with Crippen LogP contribution in [0.25, 0.3) is 0 Å². The highest BCUT2D eigenvalue weighted by atomic mass is 16.5. The third kappa shape index (κ3) is 4.78. The second kappa shape index (κ2) is 9.60. The predicted molar refractivity (Wildman–Crippen MR) is 108 cm³/mol. The standard InChI is InChI=1S/C22H22N2O6/c1-3-29-21(26)18-17(13-30-20(25)15-9-11-16(28-2)12-10-15)23-22(27)24-19(18)14-7-5-4-6-8-14/h4-12,19H,3,13H2,1-2H3,(H2,23,24,27). The first-order valence-corrected chi connectivity index (χ1v) is 9.37. The molecule has 0 aromatic heterocycles. The number of methoxy groups -OCH3 is 1. The second-order valence-electron chi connectivity index (χ2n) is 6.36. The number of benzene rings is 2. The van der Waals surface area contributed by atoms with Crippen LogP contribution < -0.4 is 15.4 Å². The fourth-order valence-corrected chi connectivity index (χ4v) is 3.03. The molecule has 8 heteroatoms. The van der Waals surface area contributed by atoms with Crippen LogP contribution in [0.3, 0.4) is 0 Å². The number of rotatable bonds is 7. The molecule has 0 bridgehead atoms. The molecule has 1 atom stereocenters. The average Bonchev–Trinajstić information content (AvgIpc) is 2.77. The van der Waals surface area contributed by atoms with Crippen LogP contribution in [0.4, 0.5) is 4.79 Å².